The van der Waals surface area contributed by atoms with Crippen molar-refractivity contribution in [3.63, 3.8) is 0 Å². The molecule has 0 radical (unpaired) electrons. The Kier molecular flexibility index (Phi) is 7.64. The summed E-state index contributed by atoms with van der Waals surface area (Å²) in [6, 6.07) is 65.8. The summed E-state index contributed by atoms with van der Waals surface area (Å²) in [4.78, 5) is 14.7. The van der Waals surface area contributed by atoms with Crippen LogP contribution in [0.1, 0.15) is 0 Å². The van der Waals surface area contributed by atoms with E-state index in [9.17, 15) is 0 Å². The van der Waals surface area contributed by atoms with Crippen LogP contribution < -0.4 is 0 Å². The second kappa shape index (κ2) is 13.3. The first-order valence-corrected chi connectivity index (χ1v) is 19.5. The first-order valence-electron chi connectivity index (χ1n) is 18.7. The fourth-order valence-electron chi connectivity index (χ4n) is 7.71. The Morgan fingerprint density at radius 2 is 0.857 bits per heavy atom. The van der Waals surface area contributed by atoms with Crippen LogP contribution in [0, 0.1) is 0 Å². The minimum atomic E-state index is 0.601. The fraction of sp³-hybridized carbons (Fsp3) is 0. The lowest BCUT2D eigenvalue weighted by Crippen LogP contribution is -2.00. The molecule has 0 aliphatic rings. The Hall–Kier alpha value is -7.21. The number of benzene rings is 8. The predicted octanol–water partition coefficient (Wildman–Crippen LogP) is 14.1. The third kappa shape index (κ3) is 5.65. The van der Waals surface area contributed by atoms with Gasteiger partial charge in [-0.1, -0.05) is 158 Å². The topological polar surface area (TPSA) is 51.8 Å². The number of fused-ring (bicyclic) bond motifs is 6. The van der Waals surface area contributed by atoms with E-state index in [1.54, 1.807) is 0 Å². The largest absolute Gasteiger partial charge is 0.456 e. The molecule has 5 heteroatoms. The maximum Gasteiger partial charge on any atom is 0.164 e. The normalized spacial score (nSPS) is 11.6. The molecule has 4 nitrogen and oxygen atoms in total. The summed E-state index contributed by atoms with van der Waals surface area (Å²) in [7, 11) is 0. The van der Waals surface area contributed by atoms with E-state index in [2.05, 4.69) is 121 Å². The van der Waals surface area contributed by atoms with Crippen LogP contribution in [0.3, 0.4) is 0 Å². The van der Waals surface area contributed by atoms with Gasteiger partial charge in [0, 0.05) is 47.6 Å². The number of hydrogen-bond acceptors (Lipinski definition) is 5. The second-order valence-corrected chi connectivity index (χ2v) is 15.0. The molecule has 0 bridgehead atoms. The predicted molar refractivity (Wildman–Crippen MR) is 233 cm³/mol. The van der Waals surface area contributed by atoms with Gasteiger partial charge in [-0.25, -0.2) is 15.0 Å². The molecule has 0 spiro atoms. The minimum Gasteiger partial charge on any atom is -0.456 e. The summed E-state index contributed by atoms with van der Waals surface area (Å²) < 4.78 is 9.09. The van der Waals surface area contributed by atoms with E-state index in [-0.39, 0.29) is 0 Å². The van der Waals surface area contributed by atoms with Crippen LogP contribution >= 0.6 is 11.3 Å². The minimum absolute atomic E-state index is 0.601. The Balaban J connectivity index is 0.890. The van der Waals surface area contributed by atoms with Gasteiger partial charge in [0.1, 0.15) is 11.2 Å². The molecule has 0 atom stereocenters. The molecule has 0 saturated heterocycles. The highest BCUT2D eigenvalue weighted by Crippen LogP contribution is 2.41. The lowest BCUT2D eigenvalue weighted by Gasteiger charge is -2.08. The van der Waals surface area contributed by atoms with Crippen LogP contribution in [0.2, 0.25) is 0 Å². The molecule has 8 aromatic carbocycles. The highest BCUT2D eigenvalue weighted by molar-refractivity contribution is 7.26. The molecular weight excluding hydrogens is 703 g/mol. The zero-order valence-corrected chi connectivity index (χ0v) is 30.9. The zero-order valence-electron chi connectivity index (χ0n) is 30.1. The molecule has 262 valence electrons. The summed E-state index contributed by atoms with van der Waals surface area (Å²) in [5, 5.41) is 4.77. The fourth-order valence-corrected chi connectivity index (χ4v) is 8.94. The highest BCUT2D eigenvalue weighted by Gasteiger charge is 2.16. The summed E-state index contributed by atoms with van der Waals surface area (Å²) in [6.45, 7) is 0. The second-order valence-electron chi connectivity index (χ2n) is 14.0. The third-order valence-corrected chi connectivity index (χ3v) is 11.8. The first kappa shape index (κ1) is 32.2. The van der Waals surface area contributed by atoms with E-state index in [1.807, 2.05) is 78.1 Å². The lowest BCUT2D eigenvalue weighted by atomic mass is 9.97. The van der Waals surface area contributed by atoms with Crippen LogP contribution in [0.5, 0.6) is 0 Å². The molecule has 0 aliphatic heterocycles. The first-order chi connectivity index (χ1) is 27.7. The van der Waals surface area contributed by atoms with Gasteiger partial charge in [0.15, 0.2) is 17.5 Å². The summed E-state index contributed by atoms with van der Waals surface area (Å²) in [5.41, 5.74) is 11.6. The molecule has 3 aromatic heterocycles. The Labute approximate surface area is 327 Å². The Bertz CT molecular complexity index is 3160. The maximum atomic E-state index is 6.42. The number of hydrogen-bond donors (Lipinski definition) is 0. The van der Waals surface area contributed by atoms with Crippen LogP contribution in [-0.4, -0.2) is 15.0 Å². The van der Waals surface area contributed by atoms with Gasteiger partial charge >= 0.3 is 0 Å². The highest BCUT2D eigenvalue weighted by atomic mass is 32.1. The van der Waals surface area contributed by atoms with Crippen molar-refractivity contribution >= 4 is 53.4 Å². The van der Waals surface area contributed by atoms with Gasteiger partial charge in [0.05, 0.1) is 0 Å². The molecule has 11 rings (SSSR count). The van der Waals surface area contributed by atoms with E-state index in [0.29, 0.717) is 17.5 Å². The van der Waals surface area contributed by atoms with Gasteiger partial charge in [0.25, 0.3) is 0 Å². The van der Waals surface area contributed by atoms with E-state index < -0.39 is 0 Å². The lowest BCUT2D eigenvalue weighted by molar-refractivity contribution is 0.669. The van der Waals surface area contributed by atoms with Crippen molar-refractivity contribution in [1.29, 1.82) is 0 Å². The van der Waals surface area contributed by atoms with E-state index >= 15 is 0 Å². The molecule has 0 N–H and O–H groups in total. The van der Waals surface area contributed by atoms with Crippen molar-refractivity contribution in [3.05, 3.63) is 188 Å². The van der Waals surface area contributed by atoms with Crippen molar-refractivity contribution < 1.29 is 4.42 Å². The molecule has 3 heterocycles. The summed E-state index contributed by atoms with van der Waals surface area (Å²) in [5.74, 6) is 1.87. The third-order valence-electron chi connectivity index (χ3n) is 10.6. The molecule has 0 amide bonds. The molecule has 56 heavy (non-hydrogen) atoms. The van der Waals surface area contributed by atoms with Crippen LogP contribution in [-0.2, 0) is 0 Å². The molecular formula is C51H31N3OS. The van der Waals surface area contributed by atoms with Crippen LogP contribution in [0.25, 0.3) is 110 Å². The monoisotopic (exact) mass is 733 g/mol. The quantitative estimate of drug-likeness (QED) is 0.171. The molecule has 0 saturated carbocycles. The molecule has 11 aromatic rings. The van der Waals surface area contributed by atoms with E-state index in [4.69, 9.17) is 19.4 Å². The number of aromatic nitrogens is 3. The SMILES string of the molecule is c1ccc(-c2nc(-c3ccccc3)nc(-c3ccc4c(c3)oc3ccc(-c5ccc(-c6ccc(-c7cccc8c7sc7ccccc78)cc6)cc5)cc34)n2)cc1. The number of thiophene rings is 1. The van der Waals surface area contributed by atoms with Crippen molar-refractivity contribution in [2.75, 3.05) is 0 Å². The average Bonchev–Trinajstić information content (AvgIpc) is 3.85. The van der Waals surface area contributed by atoms with Gasteiger partial charge in [-0.3, -0.25) is 0 Å². The van der Waals surface area contributed by atoms with Crippen molar-refractivity contribution in [1.82, 2.24) is 15.0 Å². The van der Waals surface area contributed by atoms with E-state index in [0.717, 1.165) is 49.8 Å². The summed E-state index contributed by atoms with van der Waals surface area (Å²) in [6.07, 6.45) is 0. The molecule has 0 fully saturated rings. The molecule has 0 unspecified atom stereocenters. The average molecular weight is 734 g/mol. The van der Waals surface area contributed by atoms with Gasteiger partial charge in [-0.05, 0) is 63.7 Å². The van der Waals surface area contributed by atoms with E-state index in [1.165, 1.54) is 42.4 Å². The Morgan fingerprint density at radius 1 is 0.321 bits per heavy atom. The number of rotatable bonds is 6. The summed E-state index contributed by atoms with van der Waals surface area (Å²) >= 11 is 1.87. The van der Waals surface area contributed by atoms with Crippen molar-refractivity contribution in [3.8, 4) is 67.5 Å². The number of furan rings is 1. The maximum absolute atomic E-state index is 6.42. The van der Waals surface area contributed by atoms with Gasteiger partial charge in [-0.2, -0.15) is 0 Å². The van der Waals surface area contributed by atoms with Gasteiger partial charge in [0.2, 0.25) is 0 Å². The zero-order chi connectivity index (χ0) is 37.0. The standard InChI is InChI=1S/C51H31N3OS/c1-3-10-36(11-4-1)49-52-50(37-12-5-2-6-13-37)54-51(53-49)39-26-28-41-44-30-38(27-29-45(44)55-46(41)31-39)34-20-18-32(19-21-34)33-22-24-35(25-23-33)40-15-9-16-43-42-14-7-8-17-47(42)56-48(40)43/h1-31H. The number of nitrogens with zero attached hydrogens (tertiary/aromatic N) is 3. The Morgan fingerprint density at radius 3 is 1.54 bits per heavy atom. The van der Waals surface area contributed by atoms with Crippen molar-refractivity contribution in [2.45, 2.75) is 0 Å². The smallest absolute Gasteiger partial charge is 0.164 e. The van der Waals surface area contributed by atoms with Crippen LogP contribution in [0.4, 0.5) is 0 Å². The van der Waals surface area contributed by atoms with Crippen molar-refractivity contribution in [2.24, 2.45) is 0 Å². The molecule has 0 aliphatic carbocycles. The van der Waals surface area contributed by atoms with Gasteiger partial charge < -0.3 is 4.42 Å². The van der Waals surface area contributed by atoms with Gasteiger partial charge in [-0.15, -0.1) is 11.3 Å². The van der Waals surface area contributed by atoms with Crippen LogP contribution in [0.15, 0.2) is 192 Å².